The zero-order valence-corrected chi connectivity index (χ0v) is 14.5. The molecule has 0 unspecified atom stereocenters. The van der Waals surface area contributed by atoms with Gasteiger partial charge in [-0.3, -0.25) is 9.35 Å². The molecular weight excluding hydrogens is 344 g/mol. The predicted octanol–water partition coefficient (Wildman–Crippen LogP) is 2.63. The largest absolute Gasteiger partial charge is 0.464 e. The van der Waals surface area contributed by atoms with E-state index in [2.05, 4.69) is 0 Å². The summed E-state index contributed by atoms with van der Waals surface area (Å²) in [5.74, 6) is 0.318. The number of nitrogens with zero attached hydrogens (tertiary/aromatic N) is 1. The van der Waals surface area contributed by atoms with Crippen LogP contribution in [0.5, 0.6) is 0 Å². The van der Waals surface area contributed by atoms with Crippen LogP contribution in [-0.2, 0) is 17.2 Å². The van der Waals surface area contributed by atoms with Gasteiger partial charge in [-0.1, -0.05) is 12.1 Å². The monoisotopic (exact) mass is 362 g/mol. The molecule has 0 aliphatic carbocycles. The summed E-state index contributed by atoms with van der Waals surface area (Å²) in [5.41, 5.74) is 7.53. The number of nitrogens with two attached hydrogens (primary N) is 1. The third-order valence-corrected chi connectivity index (χ3v) is 4.25. The van der Waals surface area contributed by atoms with Gasteiger partial charge in [-0.25, -0.2) is 0 Å². The van der Waals surface area contributed by atoms with E-state index in [9.17, 15) is 13.2 Å². The summed E-state index contributed by atoms with van der Waals surface area (Å²) in [6.07, 6.45) is 4.47. The number of carbonyl (C=O) groups is 1. The van der Waals surface area contributed by atoms with Crippen molar-refractivity contribution in [1.82, 2.24) is 4.57 Å². The fraction of sp³-hybridized carbons (Fsp3) is 0.118. The third kappa shape index (κ3) is 4.82. The molecule has 0 atom stereocenters. The molecule has 0 aliphatic rings. The molecule has 1 amide bonds. The Morgan fingerprint density at radius 3 is 2.40 bits per heavy atom. The molecule has 8 heteroatoms. The Hall–Kier alpha value is -2.84. The van der Waals surface area contributed by atoms with E-state index in [0.29, 0.717) is 5.56 Å². The Kier molecular flexibility index (Phi) is 5.45. The first-order valence-electron chi connectivity index (χ1n) is 7.22. The minimum atomic E-state index is -4.00. The highest BCUT2D eigenvalue weighted by Crippen LogP contribution is 2.22. The van der Waals surface area contributed by atoms with Crippen LogP contribution >= 0.6 is 0 Å². The molecule has 2 aromatic heterocycles. The van der Waals surface area contributed by atoms with Crippen molar-refractivity contribution in [3.05, 3.63) is 66.2 Å². The number of rotatable bonds is 3. The second kappa shape index (κ2) is 7.37. The van der Waals surface area contributed by atoms with Crippen LogP contribution in [0, 0.1) is 6.92 Å². The van der Waals surface area contributed by atoms with E-state index in [1.807, 2.05) is 25.1 Å². The maximum absolute atomic E-state index is 11.1. The van der Waals surface area contributed by atoms with Crippen LogP contribution in [0.15, 0.2) is 64.4 Å². The summed E-state index contributed by atoms with van der Waals surface area (Å²) >= 11 is 0. The number of hydrogen-bond acceptors (Lipinski definition) is 4. The lowest BCUT2D eigenvalue weighted by Crippen LogP contribution is -2.12. The SMILES string of the molecule is Cc1ccc(-c2ccco2)cc1C(N)=O.Cn1ccc(S(=O)(=O)O)c1. The highest BCUT2D eigenvalue weighted by atomic mass is 32.2. The highest BCUT2D eigenvalue weighted by molar-refractivity contribution is 7.85. The number of aryl methyl sites for hydroxylation is 2. The number of carbonyl (C=O) groups excluding carboxylic acids is 1. The Morgan fingerprint density at radius 1 is 1.24 bits per heavy atom. The quantitative estimate of drug-likeness (QED) is 0.695. The Labute approximate surface area is 145 Å². The molecule has 0 aliphatic heterocycles. The summed E-state index contributed by atoms with van der Waals surface area (Å²) < 4.78 is 36.0. The van der Waals surface area contributed by atoms with Crippen LogP contribution in [-0.4, -0.2) is 23.4 Å². The van der Waals surface area contributed by atoms with Crippen LogP contribution in [0.1, 0.15) is 15.9 Å². The smallest absolute Gasteiger partial charge is 0.296 e. The van der Waals surface area contributed by atoms with Crippen LogP contribution in [0.4, 0.5) is 0 Å². The van der Waals surface area contributed by atoms with Gasteiger partial charge in [-0.05, 0) is 36.8 Å². The van der Waals surface area contributed by atoms with Crippen molar-refractivity contribution in [2.75, 3.05) is 0 Å². The molecule has 3 aromatic rings. The third-order valence-electron chi connectivity index (χ3n) is 3.41. The second-order valence-electron chi connectivity index (χ2n) is 5.36. The standard InChI is InChI=1S/C12H11NO2.C5H7NO3S/c1-8-4-5-9(7-10(8)12(13)14)11-3-2-6-15-11;1-6-3-2-5(4-6)10(7,8)9/h2-7H,1H3,(H2,13,14);2-4H,1H3,(H,7,8,9). The van der Waals surface area contributed by atoms with Crippen molar-refractivity contribution >= 4 is 16.0 Å². The van der Waals surface area contributed by atoms with E-state index < -0.39 is 16.0 Å². The van der Waals surface area contributed by atoms with Crippen molar-refractivity contribution in [2.24, 2.45) is 12.8 Å². The van der Waals surface area contributed by atoms with Gasteiger partial charge in [0.25, 0.3) is 10.1 Å². The molecule has 2 heterocycles. The fourth-order valence-corrected chi connectivity index (χ4v) is 2.65. The van der Waals surface area contributed by atoms with Crippen LogP contribution in [0.2, 0.25) is 0 Å². The van der Waals surface area contributed by atoms with E-state index in [-0.39, 0.29) is 4.90 Å². The van der Waals surface area contributed by atoms with Gasteiger partial charge >= 0.3 is 0 Å². The van der Waals surface area contributed by atoms with Gasteiger partial charge in [0.2, 0.25) is 5.91 Å². The van der Waals surface area contributed by atoms with Gasteiger partial charge in [-0.2, -0.15) is 8.42 Å². The summed E-state index contributed by atoms with van der Waals surface area (Å²) in [4.78, 5) is 11.1. The van der Waals surface area contributed by atoms with Gasteiger partial charge in [0.1, 0.15) is 10.7 Å². The average molecular weight is 362 g/mol. The zero-order valence-electron chi connectivity index (χ0n) is 13.7. The molecule has 0 saturated carbocycles. The Balaban J connectivity index is 0.000000196. The predicted molar refractivity (Wildman–Crippen MR) is 92.6 cm³/mol. The first kappa shape index (κ1) is 18.5. The molecule has 1 aromatic carbocycles. The summed E-state index contributed by atoms with van der Waals surface area (Å²) in [6, 6.07) is 10.5. The van der Waals surface area contributed by atoms with Gasteiger partial charge in [0.15, 0.2) is 0 Å². The lowest BCUT2D eigenvalue weighted by atomic mass is 10.0. The molecule has 3 rings (SSSR count). The Bertz CT molecular complexity index is 972. The van der Waals surface area contributed by atoms with E-state index in [0.717, 1.165) is 16.9 Å². The molecule has 0 bridgehead atoms. The maximum atomic E-state index is 11.1. The van der Waals surface area contributed by atoms with Gasteiger partial charge in [0.05, 0.1) is 6.26 Å². The van der Waals surface area contributed by atoms with E-state index >= 15 is 0 Å². The lowest BCUT2D eigenvalue weighted by Gasteiger charge is -2.03. The average Bonchev–Trinajstić information content (AvgIpc) is 3.19. The molecular formula is C17H18N2O5S. The molecule has 7 nitrogen and oxygen atoms in total. The number of primary amides is 1. The van der Waals surface area contributed by atoms with E-state index in [1.54, 1.807) is 36.2 Å². The molecule has 0 spiro atoms. The van der Waals surface area contributed by atoms with Crippen molar-refractivity contribution in [1.29, 1.82) is 0 Å². The lowest BCUT2D eigenvalue weighted by molar-refractivity contribution is 0.0999. The number of furan rings is 1. The minimum Gasteiger partial charge on any atom is -0.464 e. The number of benzene rings is 1. The molecule has 0 saturated heterocycles. The van der Waals surface area contributed by atoms with Crippen LogP contribution in [0.25, 0.3) is 11.3 Å². The molecule has 3 N–H and O–H groups in total. The first-order chi connectivity index (χ1) is 11.7. The van der Waals surface area contributed by atoms with Crippen molar-refractivity contribution in [3.63, 3.8) is 0 Å². The highest BCUT2D eigenvalue weighted by Gasteiger charge is 2.09. The van der Waals surface area contributed by atoms with E-state index in [4.69, 9.17) is 14.7 Å². The summed E-state index contributed by atoms with van der Waals surface area (Å²) in [5, 5.41) is 0. The van der Waals surface area contributed by atoms with Gasteiger partial charge in [0, 0.05) is 30.6 Å². The van der Waals surface area contributed by atoms with Crippen LogP contribution in [0.3, 0.4) is 0 Å². The van der Waals surface area contributed by atoms with E-state index in [1.165, 1.54) is 12.3 Å². The molecule has 25 heavy (non-hydrogen) atoms. The Morgan fingerprint density at radius 2 is 1.96 bits per heavy atom. The number of aromatic nitrogens is 1. The molecule has 132 valence electrons. The van der Waals surface area contributed by atoms with Crippen molar-refractivity contribution in [3.8, 4) is 11.3 Å². The van der Waals surface area contributed by atoms with Gasteiger partial charge < -0.3 is 14.7 Å². The molecule has 0 radical (unpaired) electrons. The second-order valence-corrected chi connectivity index (χ2v) is 6.78. The first-order valence-corrected chi connectivity index (χ1v) is 8.66. The topological polar surface area (TPSA) is 116 Å². The van der Waals surface area contributed by atoms with Gasteiger partial charge in [-0.15, -0.1) is 0 Å². The summed E-state index contributed by atoms with van der Waals surface area (Å²) in [6.45, 7) is 1.85. The summed E-state index contributed by atoms with van der Waals surface area (Å²) in [7, 11) is -2.33. The number of hydrogen-bond donors (Lipinski definition) is 2. The minimum absolute atomic E-state index is 0.0741. The maximum Gasteiger partial charge on any atom is 0.296 e. The normalized spacial score (nSPS) is 10.8. The van der Waals surface area contributed by atoms with Crippen LogP contribution < -0.4 is 5.73 Å². The van der Waals surface area contributed by atoms with Crippen molar-refractivity contribution < 1.29 is 22.2 Å². The molecule has 0 fully saturated rings. The fourth-order valence-electron chi connectivity index (χ4n) is 2.11. The number of amides is 1. The van der Waals surface area contributed by atoms with Crippen molar-refractivity contribution in [2.45, 2.75) is 11.8 Å². The zero-order chi connectivity index (χ0) is 18.6.